The highest BCUT2D eigenvalue weighted by molar-refractivity contribution is 5.92. The molecule has 2 aliphatic heterocycles. The number of carbonyl (C=O) groups is 1. The molecule has 6 heteroatoms. The summed E-state index contributed by atoms with van der Waals surface area (Å²) in [5.74, 6) is 1.17. The topological polar surface area (TPSA) is 67.6 Å². The molecule has 1 N–H and O–H groups in total. The van der Waals surface area contributed by atoms with Gasteiger partial charge in [-0.1, -0.05) is 6.42 Å². The number of fused-ring (bicyclic) bond motifs is 1. The summed E-state index contributed by atoms with van der Waals surface area (Å²) in [5.41, 5.74) is 0.557. The first-order chi connectivity index (χ1) is 11.2. The number of morpholine rings is 1. The molecule has 0 aromatic carbocycles. The van der Waals surface area contributed by atoms with Crippen molar-refractivity contribution in [2.24, 2.45) is 5.92 Å². The van der Waals surface area contributed by atoms with E-state index in [2.05, 4.69) is 9.55 Å². The number of aliphatic hydroxyl groups excluding tert-OH is 1. The van der Waals surface area contributed by atoms with Gasteiger partial charge in [0.05, 0.1) is 25.4 Å². The van der Waals surface area contributed by atoms with Crippen molar-refractivity contribution in [3.63, 3.8) is 0 Å². The molecule has 1 aromatic heterocycles. The minimum atomic E-state index is -0.313. The number of carbonyl (C=O) groups excluding carboxylic acids is 1. The number of hydrogen-bond donors (Lipinski definition) is 1. The van der Waals surface area contributed by atoms with Gasteiger partial charge in [0, 0.05) is 31.6 Å². The Hall–Kier alpha value is -1.40. The number of ether oxygens (including phenoxy) is 1. The first-order valence-electron chi connectivity index (χ1n) is 8.87. The minimum Gasteiger partial charge on any atom is -0.393 e. The van der Waals surface area contributed by atoms with Gasteiger partial charge in [0.1, 0.15) is 11.5 Å². The molecule has 6 nitrogen and oxygen atoms in total. The van der Waals surface area contributed by atoms with Crippen molar-refractivity contribution in [3.05, 3.63) is 17.7 Å². The predicted octanol–water partition coefficient (Wildman–Crippen LogP) is 1.22. The van der Waals surface area contributed by atoms with E-state index in [9.17, 15) is 9.90 Å². The van der Waals surface area contributed by atoms with Crippen LogP contribution >= 0.6 is 0 Å². The molecule has 1 saturated carbocycles. The second-order valence-electron chi connectivity index (χ2n) is 7.00. The first kappa shape index (κ1) is 15.1. The monoisotopic (exact) mass is 319 g/mol. The zero-order valence-corrected chi connectivity index (χ0v) is 13.5. The van der Waals surface area contributed by atoms with E-state index in [1.807, 2.05) is 11.1 Å². The van der Waals surface area contributed by atoms with Crippen LogP contribution in [0.4, 0.5) is 0 Å². The highest BCUT2D eigenvalue weighted by Gasteiger charge is 2.40. The number of rotatable bonds is 2. The van der Waals surface area contributed by atoms with E-state index >= 15 is 0 Å². The Labute approximate surface area is 136 Å². The number of hydrogen-bond acceptors (Lipinski definition) is 4. The summed E-state index contributed by atoms with van der Waals surface area (Å²) in [6, 6.07) is -0.0209. The minimum absolute atomic E-state index is 0.000648. The van der Waals surface area contributed by atoms with Crippen LogP contribution in [0.15, 0.2) is 6.20 Å². The zero-order chi connectivity index (χ0) is 15.8. The summed E-state index contributed by atoms with van der Waals surface area (Å²) < 4.78 is 7.73. The van der Waals surface area contributed by atoms with Crippen molar-refractivity contribution in [2.75, 3.05) is 19.8 Å². The van der Waals surface area contributed by atoms with Crippen LogP contribution in [0.5, 0.6) is 0 Å². The normalized spacial score (nSPS) is 31.2. The van der Waals surface area contributed by atoms with Gasteiger partial charge in [-0.15, -0.1) is 0 Å². The van der Waals surface area contributed by atoms with Gasteiger partial charge in [-0.05, 0) is 25.7 Å². The maximum absolute atomic E-state index is 13.0. The second-order valence-corrected chi connectivity index (χ2v) is 7.00. The largest absolute Gasteiger partial charge is 0.393 e. The molecule has 4 rings (SSSR count). The van der Waals surface area contributed by atoms with E-state index in [0.717, 1.165) is 50.9 Å². The lowest BCUT2D eigenvalue weighted by Crippen LogP contribution is -2.53. The number of imidazole rings is 1. The summed E-state index contributed by atoms with van der Waals surface area (Å²) in [7, 11) is 0. The van der Waals surface area contributed by atoms with Gasteiger partial charge in [0.15, 0.2) is 0 Å². The predicted molar refractivity (Wildman–Crippen MR) is 84.2 cm³/mol. The van der Waals surface area contributed by atoms with Crippen LogP contribution in [-0.2, 0) is 17.7 Å². The summed E-state index contributed by atoms with van der Waals surface area (Å²) in [5, 5.41) is 10.2. The molecule has 1 aliphatic carbocycles. The third kappa shape index (κ3) is 2.78. The molecule has 3 atom stereocenters. The number of aryl methyl sites for hydroxylation is 2. The molecule has 23 heavy (non-hydrogen) atoms. The fourth-order valence-electron chi connectivity index (χ4n) is 4.31. The lowest BCUT2D eigenvalue weighted by Gasteiger charge is -2.39. The van der Waals surface area contributed by atoms with Gasteiger partial charge in [-0.2, -0.15) is 0 Å². The van der Waals surface area contributed by atoms with Crippen molar-refractivity contribution in [1.29, 1.82) is 0 Å². The SMILES string of the molecule is O=C(c1cn2c(n1)CCCC2)N1CCOCC1C1CCCC1O. The average molecular weight is 319 g/mol. The van der Waals surface area contributed by atoms with E-state index in [1.54, 1.807) is 0 Å². The maximum Gasteiger partial charge on any atom is 0.274 e. The molecule has 0 bridgehead atoms. The molecule has 3 heterocycles. The van der Waals surface area contributed by atoms with Crippen LogP contribution in [0.2, 0.25) is 0 Å². The quantitative estimate of drug-likeness (QED) is 0.890. The van der Waals surface area contributed by atoms with Gasteiger partial charge < -0.3 is 19.3 Å². The molecule has 3 unspecified atom stereocenters. The molecule has 126 valence electrons. The molecule has 3 aliphatic rings. The summed E-state index contributed by atoms with van der Waals surface area (Å²) in [6.07, 6.45) is 7.70. The standard InChI is InChI=1S/C17H25N3O3/c21-15-5-3-4-12(15)14-11-23-9-8-20(14)17(22)13-10-19-7-2-1-6-16(19)18-13/h10,12,14-15,21H,1-9,11H2. The Kier molecular flexibility index (Phi) is 4.11. The van der Waals surface area contributed by atoms with Crippen molar-refractivity contribution < 1.29 is 14.6 Å². The Balaban J connectivity index is 1.56. The molecule has 1 amide bonds. The van der Waals surface area contributed by atoms with Crippen LogP contribution in [0.25, 0.3) is 0 Å². The van der Waals surface area contributed by atoms with Crippen LogP contribution in [-0.4, -0.2) is 57.4 Å². The van der Waals surface area contributed by atoms with Crippen LogP contribution in [0, 0.1) is 5.92 Å². The molecule has 0 spiro atoms. The fraction of sp³-hybridized carbons (Fsp3) is 0.765. The zero-order valence-electron chi connectivity index (χ0n) is 13.5. The summed E-state index contributed by atoms with van der Waals surface area (Å²) >= 11 is 0. The van der Waals surface area contributed by atoms with Gasteiger partial charge in [-0.3, -0.25) is 4.79 Å². The Bertz CT molecular complexity index is 562. The van der Waals surface area contributed by atoms with Gasteiger partial charge in [0.2, 0.25) is 0 Å². The van der Waals surface area contributed by atoms with Crippen molar-refractivity contribution >= 4 is 5.91 Å². The van der Waals surface area contributed by atoms with E-state index in [4.69, 9.17) is 4.74 Å². The fourth-order valence-corrected chi connectivity index (χ4v) is 4.31. The molecule has 1 saturated heterocycles. The third-order valence-electron chi connectivity index (χ3n) is 5.58. The van der Waals surface area contributed by atoms with E-state index in [1.165, 1.54) is 0 Å². The second kappa shape index (κ2) is 6.24. The number of amides is 1. The van der Waals surface area contributed by atoms with E-state index in [-0.39, 0.29) is 24.0 Å². The van der Waals surface area contributed by atoms with E-state index in [0.29, 0.717) is 25.5 Å². The van der Waals surface area contributed by atoms with E-state index < -0.39 is 0 Å². The van der Waals surface area contributed by atoms with Crippen LogP contribution < -0.4 is 0 Å². The Morgan fingerprint density at radius 3 is 2.96 bits per heavy atom. The number of nitrogens with zero attached hydrogens (tertiary/aromatic N) is 3. The van der Waals surface area contributed by atoms with Gasteiger partial charge >= 0.3 is 0 Å². The van der Waals surface area contributed by atoms with Crippen molar-refractivity contribution in [3.8, 4) is 0 Å². The number of aliphatic hydroxyl groups is 1. The highest BCUT2D eigenvalue weighted by atomic mass is 16.5. The molecular formula is C17H25N3O3. The summed E-state index contributed by atoms with van der Waals surface area (Å²) in [6.45, 7) is 2.65. The maximum atomic E-state index is 13.0. The van der Waals surface area contributed by atoms with Crippen molar-refractivity contribution in [1.82, 2.24) is 14.5 Å². The molecule has 1 aromatic rings. The smallest absolute Gasteiger partial charge is 0.274 e. The lowest BCUT2D eigenvalue weighted by molar-refractivity contribution is -0.0385. The van der Waals surface area contributed by atoms with Crippen molar-refractivity contribution in [2.45, 2.75) is 57.2 Å². The van der Waals surface area contributed by atoms with Gasteiger partial charge in [-0.25, -0.2) is 4.98 Å². The molecular weight excluding hydrogens is 294 g/mol. The Morgan fingerprint density at radius 1 is 1.26 bits per heavy atom. The van der Waals surface area contributed by atoms with Gasteiger partial charge in [0.25, 0.3) is 5.91 Å². The van der Waals surface area contributed by atoms with Crippen LogP contribution in [0.1, 0.15) is 48.4 Å². The molecule has 2 fully saturated rings. The third-order valence-corrected chi connectivity index (χ3v) is 5.58. The number of aromatic nitrogens is 2. The highest BCUT2D eigenvalue weighted by Crippen LogP contribution is 2.32. The lowest BCUT2D eigenvalue weighted by atomic mass is 9.94. The van der Waals surface area contributed by atoms with Crippen LogP contribution in [0.3, 0.4) is 0 Å². The first-order valence-corrected chi connectivity index (χ1v) is 8.87. The summed E-state index contributed by atoms with van der Waals surface area (Å²) in [4.78, 5) is 19.5. The average Bonchev–Trinajstić information content (AvgIpc) is 3.20. The molecule has 0 radical (unpaired) electrons. The Morgan fingerprint density at radius 2 is 2.17 bits per heavy atom.